The van der Waals surface area contributed by atoms with Gasteiger partial charge in [-0.05, 0) is 10.8 Å². The second-order valence-corrected chi connectivity index (χ2v) is 16.6. The van der Waals surface area contributed by atoms with Crippen LogP contribution in [0.25, 0.3) is 21.5 Å². The summed E-state index contributed by atoms with van der Waals surface area (Å²) < 4.78 is 1.51. The summed E-state index contributed by atoms with van der Waals surface area (Å²) in [7, 11) is 0. The van der Waals surface area contributed by atoms with Crippen molar-refractivity contribution in [3.63, 3.8) is 0 Å². The monoisotopic (exact) mass is 656 g/mol. The molecule has 4 rings (SSSR count). The summed E-state index contributed by atoms with van der Waals surface area (Å²) in [6.07, 6.45) is 11.9. The Bertz CT molecular complexity index is 1210. The molecule has 0 aliphatic heterocycles. The summed E-state index contributed by atoms with van der Waals surface area (Å²) >= 11 is 1.55. The fourth-order valence-electron chi connectivity index (χ4n) is 4.52. The van der Waals surface area contributed by atoms with Crippen LogP contribution in [0.5, 0.6) is 0 Å². The van der Waals surface area contributed by atoms with E-state index in [1.807, 2.05) is 0 Å². The maximum atomic E-state index is 3.43. The first-order valence-corrected chi connectivity index (χ1v) is 15.6. The fourth-order valence-corrected chi connectivity index (χ4v) is 4.52. The number of benzene rings is 2. The van der Waals surface area contributed by atoms with Gasteiger partial charge in [-0.25, -0.2) is 6.08 Å². The predicted octanol–water partition coefficient (Wildman–Crippen LogP) is 5.20. The molecule has 40 heavy (non-hydrogen) atoms. The molecule has 0 fully saturated rings. The van der Waals surface area contributed by atoms with Crippen molar-refractivity contribution in [3.8, 4) is 0 Å². The topological polar surface area (TPSA) is 0 Å². The van der Waals surface area contributed by atoms with E-state index in [2.05, 4.69) is 144 Å². The molecule has 0 nitrogen and oxygen atoms in total. The van der Waals surface area contributed by atoms with E-state index in [1.54, 1.807) is 24.2 Å². The first-order valence-electron chi connectivity index (χ1n) is 14.4. The van der Waals surface area contributed by atoms with E-state index in [1.165, 1.54) is 60.7 Å². The molecule has 0 heterocycles. The molecule has 1 aliphatic carbocycles. The molecule has 1 aliphatic rings. The minimum absolute atomic E-state index is 0. The van der Waals surface area contributed by atoms with Gasteiger partial charge in [0.2, 0.25) is 0 Å². The van der Waals surface area contributed by atoms with E-state index < -0.39 is 0 Å². The van der Waals surface area contributed by atoms with Gasteiger partial charge in [0, 0.05) is 0 Å². The second-order valence-electron chi connectivity index (χ2n) is 14.2. The summed E-state index contributed by atoms with van der Waals surface area (Å²) in [5.74, 6) is 0.592. The van der Waals surface area contributed by atoms with E-state index >= 15 is 0 Å². The quantitative estimate of drug-likeness (QED) is 0.340. The molecule has 1 atom stereocenters. The van der Waals surface area contributed by atoms with Crippen molar-refractivity contribution in [1.82, 2.24) is 0 Å². The number of allylic oxidation sites excluding steroid dienone is 4. The third-order valence-corrected chi connectivity index (χ3v) is 7.00. The molecular formula is C37H52Cl2Zr-2. The Morgan fingerprint density at radius 3 is 1.52 bits per heavy atom. The zero-order valence-electron chi connectivity index (χ0n) is 27.2. The summed E-state index contributed by atoms with van der Waals surface area (Å²) in [5, 5.41) is 5.48. The van der Waals surface area contributed by atoms with Crippen molar-refractivity contribution < 1.29 is 49.0 Å². The van der Waals surface area contributed by atoms with E-state index in [0.717, 1.165) is 0 Å². The molecule has 0 radical (unpaired) electrons. The third-order valence-electron chi connectivity index (χ3n) is 7.00. The largest absolute Gasteiger partial charge is 1.00 e. The van der Waals surface area contributed by atoms with Crippen molar-refractivity contribution in [1.29, 1.82) is 0 Å². The van der Waals surface area contributed by atoms with Crippen molar-refractivity contribution in [2.45, 2.75) is 113 Å². The second kappa shape index (κ2) is 16.1. The molecule has 0 aromatic heterocycles. The Kier molecular flexibility index (Phi) is 15.7. The molecule has 0 spiro atoms. The summed E-state index contributed by atoms with van der Waals surface area (Å²) in [5.41, 5.74) is 4.97. The van der Waals surface area contributed by atoms with Gasteiger partial charge in [-0.15, -0.1) is 39.7 Å². The van der Waals surface area contributed by atoms with Crippen molar-refractivity contribution in [2.24, 2.45) is 11.3 Å². The third kappa shape index (κ3) is 11.8. The molecule has 0 bridgehead atoms. The van der Waals surface area contributed by atoms with Crippen LogP contribution in [0.3, 0.4) is 0 Å². The van der Waals surface area contributed by atoms with E-state index in [-0.39, 0.29) is 35.6 Å². The van der Waals surface area contributed by atoms with Crippen LogP contribution in [0.4, 0.5) is 0 Å². The van der Waals surface area contributed by atoms with Crippen LogP contribution in [0, 0.1) is 17.4 Å². The van der Waals surface area contributed by atoms with Crippen molar-refractivity contribution >= 4 is 24.8 Å². The van der Waals surface area contributed by atoms with Gasteiger partial charge in [0.05, 0.1) is 0 Å². The number of halogens is 2. The summed E-state index contributed by atoms with van der Waals surface area (Å²) in [6.45, 7) is 26.9. The Labute approximate surface area is 274 Å². The van der Waals surface area contributed by atoms with Crippen LogP contribution in [0.2, 0.25) is 0 Å². The summed E-state index contributed by atoms with van der Waals surface area (Å²) in [6, 6.07) is 16.2. The van der Waals surface area contributed by atoms with Crippen LogP contribution in [-0.4, -0.2) is 3.21 Å². The molecule has 3 heteroatoms. The molecule has 0 amide bonds. The molecule has 3 aromatic rings. The number of rotatable bonds is 3. The molecule has 220 valence electrons. The maximum absolute atomic E-state index is 3.43. The number of unbranched alkanes of at least 4 members (excludes halogenated alkanes) is 1. The molecule has 0 saturated carbocycles. The maximum Gasteiger partial charge on any atom is -1.00 e. The Morgan fingerprint density at radius 1 is 0.775 bits per heavy atom. The first-order chi connectivity index (χ1) is 17.4. The minimum atomic E-state index is 0. The molecule has 3 aromatic carbocycles. The van der Waals surface area contributed by atoms with Gasteiger partial charge < -0.3 is 24.8 Å². The molecule has 0 saturated heterocycles. The Hall–Kier alpha value is -0.877. The van der Waals surface area contributed by atoms with E-state index in [9.17, 15) is 0 Å². The van der Waals surface area contributed by atoms with E-state index in [4.69, 9.17) is 0 Å². The van der Waals surface area contributed by atoms with Gasteiger partial charge >= 0.3 is 41.3 Å². The number of fused-ring (bicyclic) bond motifs is 3. The number of hydrogen-bond donors (Lipinski definition) is 0. The van der Waals surface area contributed by atoms with Crippen molar-refractivity contribution in [3.05, 3.63) is 77.4 Å². The zero-order valence-corrected chi connectivity index (χ0v) is 31.1. The fraction of sp³-hybridized carbons (Fsp3) is 0.514. The average molecular weight is 659 g/mol. The van der Waals surface area contributed by atoms with Crippen LogP contribution in [0.1, 0.15) is 113 Å². The average Bonchev–Trinajstić information content (AvgIpc) is 3.40. The van der Waals surface area contributed by atoms with Crippen LogP contribution in [-0.2, 0) is 35.1 Å². The molecular weight excluding hydrogens is 607 g/mol. The molecule has 1 unspecified atom stereocenters. The standard InChI is InChI=1S/C21H25.C13H21.C3H6.2ClH.Zr/c1-20(2,3)16-7-9-18-14(12-16)11-15-13-17(21(4,5)6)8-10-19(15)18;1-5-6-7-11-8-9-12(10-11)13(2,3)4;1-3-2;;;/h7-13H,1-6H3;9-11H,5-7H2,1-4H3;1-2H3;2*1H;/q2*-1;;;;+2/p-2. The van der Waals surface area contributed by atoms with Crippen LogP contribution < -0.4 is 24.8 Å². The van der Waals surface area contributed by atoms with Gasteiger partial charge in [0.1, 0.15) is 0 Å². The zero-order chi connectivity index (χ0) is 28.9. The van der Waals surface area contributed by atoms with Gasteiger partial charge in [-0.3, -0.25) is 6.08 Å². The normalized spacial score (nSPS) is 14.8. The first kappa shape index (κ1) is 39.1. The van der Waals surface area contributed by atoms with Crippen LogP contribution >= 0.6 is 0 Å². The molecule has 0 N–H and O–H groups in total. The van der Waals surface area contributed by atoms with Gasteiger partial charge in [-0.2, -0.15) is 11.6 Å². The minimum Gasteiger partial charge on any atom is -1.00 e. The van der Waals surface area contributed by atoms with Gasteiger partial charge in [0.25, 0.3) is 0 Å². The van der Waals surface area contributed by atoms with Gasteiger partial charge in [0.15, 0.2) is 0 Å². The SMILES string of the molecule is CC(C)(C)c1ccc2c(c1)[cH-]c1cc(C(C)(C)C)ccc12.CCCCC1[C-]=CC(C(C)(C)C)=C1.C[C](C)=[Zr+2].[Cl-].[Cl-]. The van der Waals surface area contributed by atoms with E-state index in [0.29, 0.717) is 11.3 Å². The Balaban J connectivity index is 0.000000692. The van der Waals surface area contributed by atoms with Crippen LogP contribution in [0.15, 0.2) is 60.2 Å². The predicted molar refractivity (Wildman–Crippen MR) is 169 cm³/mol. The smallest absolute Gasteiger partial charge is 1.00 e. The van der Waals surface area contributed by atoms with Gasteiger partial charge in [-0.1, -0.05) is 135 Å². The summed E-state index contributed by atoms with van der Waals surface area (Å²) in [4.78, 5) is 0. The Morgan fingerprint density at radius 2 is 1.20 bits per heavy atom. The number of hydrogen-bond acceptors (Lipinski definition) is 0. The van der Waals surface area contributed by atoms with Crippen molar-refractivity contribution in [2.75, 3.05) is 0 Å².